The molecule has 0 unspecified atom stereocenters. The van der Waals surface area contributed by atoms with E-state index in [-0.39, 0.29) is 11.9 Å². The second-order valence-electron chi connectivity index (χ2n) is 6.49. The van der Waals surface area contributed by atoms with E-state index >= 15 is 0 Å². The van der Waals surface area contributed by atoms with Gasteiger partial charge in [-0.15, -0.1) is 0 Å². The summed E-state index contributed by atoms with van der Waals surface area (Å²) >= 11 is 0. The SMILES string of the molecule is CNC(=O)[C@H]1Cc2ccccc2CN1Cc1ncc(-c2ccccc2)o1. The molecule has 0 aliphatic carbocycles. The van der Waals surface area contributed by atoms with E-state index in [0.29, 0.717) is 25.4 Å². The molecule has 0 bridgehead atoms. The van der Waals surface area contributed by atoms with Gasteiger partial charge in [0.15, 0.2) is 5.76 Å². The summed E-state index contributed by atoms with van der Waals surface area (Å²) in [6.45, 7) is 1.20. The molecule has 5 heteroatoms. The van der Waals surface area contributed by atoms with Crippen molar-refractivity contribution in [3.05, 3.63) is 77.8 Å². The van der Waals surface area contributed by atoms with Crippen molar-refractivity contribution in [2.24, 2.45) is 0 Å². The fourth-order valence-electron chi connectivity index (χ4n) is 3.46. The highest BCUT2D eigenvalue weighted by atomic mass is 16.4. The van der Waals surface area contributed by atoms with Crippen molar-refractivity contribution >= 4 is 5.91 Å². The maximum Gasteiger partial charge on any atom is 0.237 e. The molecule has 0 fully saturated rings. The summed E-state index contributed by atoms with van der Waals surface area (Å²) in [5.41, 5.74) is 3.48. The highest BCUT2D eigenvalue weighted by Crippen LogP contribution is 2.26. The van der Waals surface area contributed by atoms with Gasteiger partial charge in [-0.1, -0.05) is 54.6 Å². The topological polar surface area (TPSA) is 58.4 Å². The molecular weight excluding hydrogens is 326 g/mol. The first-order valence-electron chi connectivity index (χ1n) is 8.77. The zero-order chi connectivity index (χ0) is 17.9. The van der Waals surface area contributed by atoms with Crippen LogP contribution in [0.15, 0.2) is 65.2 Å². The molecule has 1 aromatic heterocycles. The van der Waals surface area contributed by atoms with E-state index in [9.17, 15) is 4.79 Å². The molecule has 4 rings (SSSR count). The molecule has 0 saturated heterocycles. The lowest BCUT2D eigenvalue weighted by molar-refractivity contribution is -0.126. The number of carbonyl (C=O) groups is 1. The molecule has 26 heavy (non-hydrogen) atoms. The van der Waals surface area contributed by atoms with Gasteiger partial charge in [0.2, 0.25) is 11.8 Å². The van der Waals surface area contributed by atoms with Crippen molar-refractivity contribution in [1.29, 1.82) is 0 Å². The number of hydrogen-bond acceptors (Lipinski definition) is 4. The van der Waals surface area contributed by atoms with Crippen molar-refractivity contribution in [2.45, 2.75) is 25.6 Å². The Morgan fingerprint density at radius 1 is 1.15 bits per heavy atom. The van der Waals surface area contributed by atoms with Gasteiger partial charge in [0.1, 0.15) is 0 Å². The number of oxazole rings is 1. The third-order valence-electron chi connectivity index (χ3n) is 4.85. The number of carbonyl (C=O) groups excluding carboxylic acids is 1. The van der Waals surface area contributed by atoms with Crippen molar-refractivity contribution in [2.75, 3.05) is 7.05 Å². The van der Waals surface area contributed by atoms with Gasteiger partial charge in [-0.25, -0.2) is 4.98 Å². The number of likely N-dealkylation sites (N-methyl/N-ethyl adjacent to an activating group) is 1. The Morgan fingerprint density at radius 2 is 1.88 bits per heavy atom. The summed E-state index contributed by atoms with van der Waals surface area (Å²) in [5.74, 6) is 1.39. The number of benzene rings is 2. The minimum atomic E-state index is -0.220. The molecule has 0 saturated carbocycles. The summed E-state index contributed by atoms with van der Waals surface area (Å²) in [6, 6.07) is 18.0. The number of nitrogens with one attached hydrogen (secondary N) is 1. The number of hydrogen-bond donors (Lipinski definition) is 1. The molecule has 1 aliphatic heterocycles. The van der Waals surface area contributed by atoms with Crippen LogP contribution in [0.4, 0.5) is 0 Å². The standard InChI is InChI=1S/C21H21N3O2/c1-22-21(25)18-11-16-9-5-6-10-17(16)13-24(18)14-20-23-12-19(26-20)15-7-3-2-4-8-15/h2-10,12,18H,11,13-14H2,1H3,(H,22,25)/t18-/m1/s1. The summed E-state index contributed by atoms with van der Waals surface area (Å²) in [4.78, 5) is 18.9. The lowest BCUT2D eigenvalue weighted by Crippen LogP contribution is -2.49. The Kier molecular flexibility index (Phi) is 4.54. The van der Waals surface area contributed by atoms with Gasteiger partial charge in [-0.2, -0.15) is 0 Å². The fraction of sp³-hybridized carbons (Fsp3) is 0.238. The van der Waals surface area contributed by atoms with E-state index in [1.54, 1.807) is 13.2 Å². The normalized spacial score (nSPS) is 16.9. The predicted octanol–water partition coefficient (Wildman–Crippen LogP) is 3.01. The number of rotatable bonds is 4. The van der Waals surface area contributed by atoms with E-state index in [2.05, 4.69) is 27.3 Å². The summed E-state index contributed by atoms with van der Waals surface area (Å²) in [5, 5.41) is 2.78. The van der Waals surface area contributed by atoms with Gasteiger partial charge in [0.25, 0.3) is 0 Å². The van der Waals surface area contributed by atoms with E-state index in [1.165, 1.54) is 11.1 Å². The van der Waals surface area contributed by atoms with Crippen LogP contribution in [0, 0.1) is 0 Å². The smallest absolute Gasteiger partial charge is 0.237 e. The van der Waals surface area contributed by atoms with Gasteiger partial charge in [-0.05, 0) is 17.5 Å². The quantitative estimate of drug-likeness (QED) is 0.788. The summed E-state index contributed by atoms with van der Waals surface area (Å²) in [7, 11) is 1.68. The first-order valence-corrected chi connectivity index (χ1v) is 8.77. The molecule has 132 valence electrons. The van der Waals surface area contributed by atoms with E-state index < -0.39 is 0 Å². The highest BCUT2D eigenvalue weighted by molar-refractivity contribution is 5.82. The molecule has 3 aromatic rings. The molecule has 0 spiro atoms. The third-order valence-corrected chi connectivity index (χ3v) is 4.85. The highest BCUT2D eigenvalue weighted by Gasteiger charge is 2.31. The molecule has 1 amide bonds. The molecule has 1 N–H and O–H groups in total. The van der Waals surface area contributed by atoms with Crippen LogP contribution in [0.1, 0.15) is 17.0 Å². The third kappa shape index (κ3) is 3.26. The van der Waals surface area contributed by atoms with Gasteiger partial charge in [-0.3, -0.25) is 9.69 Å². The van der Waals surface area contributed by atoms with Crippen LogP contribution >= 0.6 is 0 Å². The Hall–Kier alpha value is -2.92. The van der Waals surface area contributed by atoms with Crippen LogP contribution < -0.4 is 5.32 Å². The van der Waals surface area contributed by atoms with Gasteiger partial charge < -0.3 is 9.73 Å². The Labute approximate surface area is 152 Å². The van der Waals surface area contributed by atoms with Gasteiger partial charge in [0.05, 0.1) is 18.8 Å². The van der Waals surface area contributed by atoms with Crippen LogP contribution in [0.5, 0.6) is 0 Å². The van der Waals surface area contributed by atoms with Crippen molar-refractivity contribution in [1.82, 2.24) is 15.2 Å². The van der Waals surface area contributed by atoms with Gasteiger partial charge >= 0.3 is 0 Å². The average molecular weight is 347 g/mol. The second-order valence-corrected chi connectivity index (χ2v) is 6.49. The second kappa shape index (κ2) is 7.14. The number of aromatic nitrogens is 1. The number of amides is 1. The van der Waals surface area contributed by atoms with E-state index in [1.807, 2.05) is 42.5 Å². The zero-order valence-corrected chi connectivity index (χ0v) is 14.7. The minimum absolute atomic E-state index is 0.0225. The summed E-state index contributed by atoms with van der Waals surface area (Å²) in [6.07, 6.45) is 2.44. The molecule has 5 nitrogen and oxygen atoms in total. The molecular formula is C21H21N3O2. The minimum Gasteiger partial charge on any atom is -0.439 e. The lowest BCUT2D eigenvalue weighted by atomic mass is 9.93. The Morgan fingerprint density at radius 3 is 2.65 bits per heavy atom. The Bertz CT molecular complexity index is 904. The predicted molar refractivity (Wildman–Crippen MR) is 99.2 cm³/mol. The molecule has 2 aromatic carbocycles. The van der Waals surface area contributed by atoms with Gasteiger partial charge in [0, 0.05) is 19.2 Å². The molecule has 1 aliphatic rings. The Balaban J connectivity index is 1.58. The lowest BCUT2D eigenvalue weighted by Gasteiger charge is -2.34. The maximum atomic E-state index is 12.4. The van der Waals surface area contributed by atoms with Crippen molar-refractivity contribution in [3.8, 4) is 11.3 Å². The largest absolute Gasteiger partial charge is 0.439 e. The monoisotopic (exact) mass is 347 g/mol. The first kappa shape index (κ1) is 16.5. The van der Waals surface area contributed by atoms with Crippen LogP contribution in [0.25, 0.3) is 11.3 Å². The van der Waals surface area contributed by atoms with Crippen molar-refractivity contribution in [3.63, 3.8) is 0 Å². The van der Waals surface area contributed by atoms with E-state index in [4.69, 9.17) is 4.42 Å². The zero-order valence-electron chi connectivity index (χ0n) is 14.7. The average Bonchev–Trinajstić information content (AvgIpc) is 3.16. The van der Waals surface area contributed by atoms with Crippen LogP contribution in [0.2, 0.25) is 0 Å². The van der Waals surface area contributed by atoms with Crippen LogP contribution in [0.3, 0.4) is 0 Å². The van der Waals surface area contributed by atoms with E-state index in [0.717, 1.165) is 11.3 Å². The number of fused-ring (bicyclic) bond motifs is 1. The number of nitrogens with zero attached hydrogens (tertiary/aromatic N) is 2. The molecule has 1 atom stereocenters. The van der Waals surface area contributed by atoms with Crippen molar-refractivity contribution < 1.29 is 9.21 Å². The van der Waals surface area contributed by atoms with Crippen LogP contribution in [-0.2, 0) is 24.3 Å². The molecule has 2 heterocycles. The fourth-order valence-corrected chi connectivity index (χ4v) is 3.46. The maximum absolute atomic E-state index is 12.4. The summed E-state index contributed by atoms with van der Waals surface area (Å²) < 4.78 is 5.94. The molecule has 0 radical (unpaired) electrons. The first-order chi connectivity index (χ1) is 12.7. The van der Waals surface area contributed by atoms with Crippen LogP contribution in [-0.4, -0.2) is 28.9 Å².